The first-order chi connectivity index (χ1) is 9.25. The van der Waals surface area contributed by atoms with Crippen molar-refractivity contribution in [2.24, 2.45) is 23.7 Å². The number of carbonyl (C=O) groups is 1. The molecule has 114 valence electrons. The monoisotopic (exact) mass is 284 g/mol. The summed E-state index contributed by atoms with van der Waals surface area (Å²) in [6.07, 6.45) is 1.86. The Morgan fingerprint density at radius 3 is 2.55 bits per heavy atom. The molecule has 0 unspecified atom stereocenters. The number of aliphatic hydroxyl groups is 2. The van der Waals surface area contributed by atoms with Crippen LogP contribution >= 0.6 is 0 Å². The van der Waals surface area contributed by atoms with E-state index in [1.807, 2.05) is 6.92 Å². The van der Waals surface area contributed by atoms with E-state index in [1.54, 1.807) is 6.92 Å². The van der Waals surface area contributed by atoms with Crippen LogP contribution in [0.4, 0.5) is 0 Å². The highest BCUT2D eigenvalue weighted by molar-refractivity contribution is 5.74. The summed E-state index contributed by atoms with van der Waals surface area (Å²) in [7, 11) is 0. The zero-order valence-electron chi connectivity index (χ0n) is 12.3. The van der Waals surface area contributed by atoms with Crippen molar-refractivity contribution >= 4 is 5.97 Å². The van der Waals surface area contributed by atoms with Crippen LogP contribution in [0, 0.1) is 23.7 Å². The summed E-state index contributed by atoms with van der Waals surface area (Å²) in [5.74, 6) is -1.84. The highest BCUT2D eigenvalue weighted by Gasteiger charge is 2.63. The van der Waals surface area contributed by atoms with Crippen molar-refractivity contribution < 1.29 is 24.5 Å². The van der Waals surface area contributed by atoms with Gasteiger partial charge in [-0.1, -0.05) is 13.8 Å². The molecule has 1 aliphatic carbocycles. The van der Waals surface area contributed by atoms with Gasteiger partial charge in [-0.2, -0.15) is 0 Å². The fraction of sp³-hybridized carbons (Fsp3) is 0.933. The van der Waals surface area contributed by atoms with Gasteiger partial charge in [0.05, 0.1) is 5.92 Å². The van der Waals surface area contributed by atoms with E-state index in [0.29, 0.717) is 18.8 Å². The molecule has 0 aromatic heterocycles. The van der Waals surface area contributed by atoms with Gasteiger partial charge in [0, 0.05) is 12.3 Å². The average Bonchev–Trinajstić information content (AvgIpc) is 2.44. The van der Waals surface area contributed by atoms with Crippen molar-refractivity contribution in [3.05, 3.63) is 0 Å². The second-order valence-corrected chi connectivity index (χ2v) is 7.04. The van der Waals surface area contributed by atoms with Crippen LogP contribution in [0.25, 0.3) is 0 Å². The molecule has 0 aromatic rings. The zero-order chi connectivity index (χ0) is 14.7. The van der Waals surface area contributed by atoms with Gasteiger partial charge in [-0.25, -0.2) is 0 Å². The van der Waals surface area contributed by atoms with Gasteiger partial charge in [-0.3, -0.25) is 4.79 Å². The van der Waals surface area contributed by atoms with E-state index in [-0.39, 0.29) is 23.7 Å². The molecule has 0 amide bonds. The summed E-state index contributed by atoms with van der Waals surface area (Å²) in [6, 6.07) is 0. The van der Waals surface area contributed by atoms with Gasteiger partial charge >= 0.3 is 5.97 Å². The van der Waals surface area contributed by atoms with Crippen molar-refractivity contribution in [1.29, 1.82) is 0 Å². The Hall–Kier alpha value is -0.650. The lowest BCUT2D eigenvalue weighted by Crippen LogP contribution is -2.65. The van der Waals surface area contributed by atoms with E-state index in [9.17, 15) is 15.0 Å². The van der Waals surface area contributed by atoms with Crippen molar-refractivity contribution in [2.45, 2.75) is 64.1 Å². The molecule has 0 radical (unpaired) electrons. The number of ether oxygens (including phenoxy) is 2. The molecule has 2 N–H and O–H groups in total. The molecule has 0 aromatic carbocycles. The summed E-state index contributed by atoms with van der Waals surface area (Å²) in [6.45, 7) is 5.51. The molecule has 3 fully saturated rings. The second kappa shape index (κ2) is 4.42. The van der Waals surface area contributed by atoms with Crippen molar-refractivity contribution in [1.82, 2.24) is 0 Å². The fourth-order valence-corrected chi connectivity index (χ4v) is 4.42. The maximum atomic E-state index is 12.0. The van der Waals surface area contributed by atoms with Crippen LogP contribution in [0.15, 0.2) is 0 Å². The Morgan fingerprint density at radius 1 is 1.15 bits per heavy atom. The highest BCUT2D eigenvalue weighted by atomic mass is 16.8. The van der Waals surface area contributed by atoms with Crippen LogP contribution in [-0.4, -0.2) is 33.9 Å². The molecule has 2 heterocycles. The smallest absolute Gasteiger partial charge is 0.311 e. The van der Waals surface area contributed by atoms with Crippen LogP contribution in [0.5, 0.6) is 0 Å². The maximum Gasteiger partial charge on any atom is 0.311 e. The summed E-state index contributed by atoms with van der Waals surface area (Å²) >= 11 is 0. The van der Waals surface area contributed by atoms with Gasteiger partial charge in [0.15, 0.2) is 5.79 Å². The van der Waals surface area contributed by atoms with Crippen molar-refractivity contribution in [3.63, 3.8) is 0 Å². The van der Waals surface area contributed by atoms with Crippen LogP contribution in [-0.2, 0) is 14.3 Å². The standard InChI is InChI=1S/C15H24O5/c1-8-4-5-11-9(2)12(16)19-13-15(11,18)10(8)6-7-14(3,17)20-13/h8-11,13,17-18H,4-7H2,1-3H3/t8-,9-,10+,11+,13-,14+,15-/m1/s1. The summed E-state index contributed by atoms with van der Waals surface area (Å²) < 4.78 is 10.9. The lowest BCUT2D eigenvalue weighted by Gasteiger charge is -2.54. The molecule has 2 aliphatic heterocycles. The molecule has 20 heavy (non-hydrogen) atoms. The van der Waals surface area contributed by atoms with E-state index in [0.717, 1.165) is 12.8 Å². The first-order valence-corrected chi connectivity index (χ1v) is 7.59. The maximum absolute atomic E-state index is 12.0. The minimum atomic E-state index is -1.36. The van der Waals surface area contributed by atoms with Crippen molar-refractivity contribution in [2.75, 3.05) is 0 Å². The second-order valence-electron chi connectivity index (χ2n) is 7.04. The van der Waals surface area contributed by atoms with E-state index in [4.69, 9.17) is 9.47 Å². The van der Waals surface area contributed by atoms with Crippen LogP contribution in [0.2, 0.25) is 0 Å². The Bertz CT molecular complexity index is 420. The van der Waals surface area contributed by atoms with Gasteiger partial charge in [0.1, 0.15) is 5.60 Å². The molecule has 0 bridgehead atoms. The minimum Gasteiger partial charge on any atom is -0.432 e. The predicted octanol–water partition coefficient (Wildman–Crippen LogP) is 1.42. The molecule has 0 spiro atoms. The summed E-state index contributed by atoms with van der Waals surface area (Å²) in [5.41, 5.74) is -1.18. The molecule has 7 atom stereocenters. The molecule has 2 saturated heterocycles. The predicted molar refractivity (Wildman–Crippen MR) is 70.3 cm³/mol. The van der Waals surface area contributed by atoms with Crippen LogP contribution in [0.3, 0.4) is 0 Å². The van der Waals surface area contributed by atoms with Gasteiger partial charge in [-0.05, 0) is 38.0 Å². The van der Waals surface area contributed by atoms with Gasteiger partial charge in [-0.15, -0.1) is 0 Å². The van der Waals surface area contributed by atoms with Crippen LogP contribution < -0.4 is 0 Å². The first-order valence-electron chi connectivity index (χ1n) is 7.59. The van der Waals surface area contributed by atoms with E-state index >= 15 is 0 Å². The quantitative estimate of drug-likeness (QED) is 0.658. The number of carbonyl (C=O) groups excluding carboxylic acids is 1. The van der Waals surface area contributed by atoms with E-state index in [2.05, 4.69) is 6.92 Å². The third-order valence-electron chi connectivity index (χ3n) is 5.66. The van der Waals surface area contributed by atoms with Crippen LogP contribution in [0.1, 0.15) is 46.5 Å². The highest BCUT2D eigenvalue weighted by Crippen LogP contribution is 2.54. The van der Waals surface area contributed by atoms with Gasteiger partial charge in [0.2, 0.25) is 6.29 Å². The minimum absolute atomic E-state index is 0.00391. The molecule has 3 rings (SSSR count). The lowest BCUT2D eigenvalue weighted by atomic mass is 9.58. The molecular formula is C15H24O5. The SMILES string of the molecule is C[C@@H]1CC[C@H]2[C@@H](C)C(=O)O[C@@H]3O[C@](C)(O)CC[C@@H]1[C@]32O. The third kappa shape index (κ3) is 1.90. The Balaban J connectivity index is 2.05. The molecule has 3 aliphatic rings. The lowest BCUT2D eigenvalue weighted by molar-refractivity contribution is -0.346. The largest absolute Gasteiger partial charge is 0.432 e. The average molecular weight is 284 g/mol. The number of hydrogen-bond acceptors (Lipinski definition) is 5. The molecule has 1 saturated carbocycles. The van der Waals surface area contributed by atoms with Gasteiger partial charge < -0.3 is 19.7 Å². The Labute approximate surface area is 119 Å². The van der Waals surface area contributed by atoms with Crippen molar-refractivity contribution in [3.8, 4) is 0 Å². The summed E-state index contributed by atoms with van der Waals surface area (Å²) in [4.78, 5) is 12.0. The van der Waals surface area contributed by atoms with E-state index < -0.39 is 17.7 Å². The molecule has 5 heteroatoms. The molecule has 5 nitrogen and oxygen atoms in total. The Morgan fingerprint density at radius 2 is 1.85 bits per heavy atom. The van der Waals surface area contributed by atoms with Gasteiger partial charge in [0.25, 0.3) is 0 Å². The summed E-state index contributed by atoms with van der Waals surface area (Å²) in [5, 5.41) is 21.6. The normalized spacial score (nSPS) is 55.6. The first kappa shape index (κ1) is 14.3. The topological polar surface area (TPSA) is 76.0 Å². The number of esters is 1. The number of rotatable bonds is 0. The Kier molecular flexibility index (Phi) is 3.16. The molecular weight excluding hydrogens is 260 g/mol. The zero-order valence-corrected chi connectivity index (χ0v) is 12.3. The number of hydrogen-bond donors (Lipinski definition) is 2. The van der Waals surface area contributed by atoms with E-state index in [1.165, 1.54) is 0 Å². The fourth-order valence-electron chi connectivity index (χ4n) is 4.42. The third-order valence-corrected chi connectivity index (χ3v) is 5.66.